The first kappa shape index (κ1) is 12.3. The maximum Gasteiger partial charge on any atom is 0.0940 e. The summed E-state index contributed by atoms with van der Waals surface area (Å²) in [5.41, 5.74) is 3.89. The molecule has 17 heavy (non-hydrogen) atoms. The minimum Gasteiger partial charge on any atom is -0.387 e. The number of aliphatic hydroxyl groups is 1. The van der Waals surface area contributed by atoms with Crippen molar-refractivity contribution in [3.05, 3.63) is 47.5 Å². The standard InChI is InChI=1S/C15H21NO/c1-3-9-16-11(2)15(17)14-8-7-12-5-4-6-13(12)10-14/h3,7-8,10-11,15-17H,1,4-6,9H2,2H3. The summed E-state index contributed by atoms with van der Waals surface area (Å²) < 4.78 is 0. The van der Waals surface area contributed by atoms with Crippen LogP contribution in [0.25, 0.3) is 0 Å². The number of aliphatic hydroxyl groups excluding tert-OH is 1. The van der Waals surface area contributed by atoms with E-state index in [-0.39, 0.29) is 6.04 Å². The van der Waals surface area contributed by atoms with Crippen molar-refractivity contribution in [2.24, 2.45) is 0 Å². The van der Waals surface area contributed by atoms with E-state index >= 15 is 0 Å². The van der Waals surface area contributed by atoms with Crippen molar-refractivity contribution in [2.45, 2.75) is 38.3 Å². The zero-order valence-electron chi connectivity index (χ0n) is 10.4. The van der Waals surface area contributed by atoms with Crippen LogP contribution < -0.4 is 5.32 Å². The summed E-state index contributed by atoms with van der Waals surface area (Å²) in [6.07, 6.45) is 4.96. The van der Waals surface area contributed by atoms with Crippen molar-refractivity contribution in [2.75, 3.05) is 6.54 Å². The summed E-state index contributed by atoms with van der Waals surface area (Å²) in [4.78, 5) is 0. The van der Waals surface area contributed by atoms with Crippen molar-refractivity contribution in [3.8, 4) is 0 Å². The molecule has 2 heteroatoms. The molecule has 0 radical (unpaired) electrons. The Labute approximate surface area is 103 Å². The first-order valence-corrected chi connectivity index (χ1v) is 6.36. The molecule has 0 spiro atoms. The number of fused-ring (bicyclic) bond motifs is 1. The van der Waals surface area contributed by atoms with Gasteiger partial charge in [0.15, 0.2) is 0 Å². The largest absolute Gasteiger partial charge is 0.387 e. The van der Waals surface area contributed by atoms with Gasteiger partial charge >= 0.3 is 0 Å². The Morgan fingerprint density at radius 1 is 1.41 bits per heavy atom. The van der Waals surface area contributed by atoms with Gasteiger partial charge in [-0.2, -0.15) is 0 Å². The average Bonchev–Trinajstić information content (AvgIpc) is 2.81. The molecule has 2 N–H and O–H groups in total. The minimum absolute atomic E-state index is 0.0486. The Hall–Kier alpha value is -1.12. The van der Waals surface area contributed by atoms with E-state index in [1.165, 1.54) is 24.0 Å². The van der Waals surface area contributed by atoms with Crippen LogP contribution in [0.4, 0.5) is 0 Å². The Morgan fingerprint density at radius 3 is 2.94 bits per heavy atom. The van der Waals surface area contributed by atoms with Crippen molar-refractivity contribution in [1.82, 2.24) is 5.32 Å². The summed E-state index contributed by atoms with van der Waals surface area (Å²) in [6, 6.07) is 6.44. The van der Waals surface area contributed by atoms with E-state index in [0.717, 1.165) is 18.5 Å². The molecule has 0 amide bonds. The third-order valence-electron chi connectivity index (χ3n) is 3.52. The summed E-state index contributed by atoms with van der Waals surface area (Å²) in [7, 11) is 0. The Morgan fingerprint density at radius 2 is 2.18 bits per heavy atom. The van der Waals surface area contributed by atoms with Gasteiger partial charge in [0.2, 0.25) is 0 Å². The zero-order chi connectivity index (χ0) is 12.3. The van der Waals surface area contributed by atoms with E-state index in [1.54, 1.807) is 0 Å². The van der Waals surface area contributed by atoms with Crippen LogP contribution in [-0.4, -0.2) is 17.7 Å². The molecule has 1 aliphatic carbocycles. The fourth-order valence-corrected chi connectivity index (χ4v) is 2.45. The predicted octanol–water partition coefficient (Wildman–Crippen LogP) is 2.37. The fourth-order valence-electron chi connectivity index (χ4n) is 2.45. The molecule has 1 aromatic carbocycles. The van der Waals surface area contributed by atoms with Crippen LogP contribution in [0, 0.1) is 0 Å². The second kappa shape index (κ2) is 5.48. The predicted molar refractivity (Wildman–Crippen MR) is 71.1 cm³/mol. The number of benzene rings is 1. The fraction of sp³-hybridized carbons (Fsp3) is 0.467. The highest BCUT2D eigenvalue weighted by Gasteiger charge is 2.18. The van der Waals surface area contributed by atoms with E-state index in [4.69, 9.17) is 0 Å². The van der Waals surface area contributed by atoms with Crippen molar-refractivity contribution in [1.29, 1.82) is 0 Å². The monoisotopic (exact) mass is 231 g/mol. The second-order valence-electron chi connectivity index (χ2n) is 4.81. The zero-order valence-corrected chi connectivity index (χ0v) is 10.4. The average molecular weight is 231 g/mol. The number of hydrogen-bond donors (Lipinski definition) is 2. The normalized spacial score (nSPS) is 17.5. The lowest BCUT2D eigenvalue weighted by Gasteiger charge is -2.20. The lowest BCUT2D eigenvalue weighted by molar-refractivity contribution is 0.138. The maximum atomic E-state index is 10.3. The van der Waals surface area contributed by atoms with E-state index in [2.05, 4.69) is 30.1 Å². The second-order valence-corrected chi connectivity index (χ2v) is 4.81. The van der Waals surface area contributed by atoms with Gasteiger partial charge in [-0.15, -0.1) is 6.58 Å². The summed E-state index contributed by atoms with van der Waals surface area (Å²) in [5, 5.41) is 13.5. The van der Waals surface area contributed by atoms with Gasteiger partial charge in [-0.3, -0.25) is 0 Å². The van der Waals surface area contributed by atoms with Crippen LogP contribution in [0.5, 0.6) is 0 Å². The molecule has 92 valence electrons. The smallest absolute Gasteiger partial charge is 0.0940 e. The minimum atomic E-state index is -0.444. The lowest BCUT2D eigenvalue weighted by atomic mass is 9.99. The number of hydrogen-bond acceptors (Lipinski definition) is 2. The third kappa shape index (κ3) is 2.76. The molecule has 2 atom stereocenters. The highest BCUT2D eigenvalue weighted by atomic mass is 16.3. The van der Waals surface area contributed by atoms with Crippen molar-refractivity contribution < 1.29 is 5.11 Å². The highest BCUT2D eigenvalue weighted by molar-refractivity contribution is 5.36. The Bertz CT molecular complexity index is 400. The highest BCUT2D eigenvalue weighted by Crippen LogP contribution is 2.26. The molecule has 0 bridgehead atoms. The van der Waals surface area contributed by atoms with Crippen LogP contribution in [-0.2, 0) is 12.8 Å². The SMILES string of the molecule is C=CCNC(C)C(O)c1ccc2c(c1)CCC2. The first-order valence-electron chi connectivity index (χ1n) is 6.36. The van der Waals surface area contributed by atoms with E-state index < -0.39 is 6.10 Å². The van der Waals surface area contributed by atoms with Crippen LogP contribution in [0.2, 0.25) is 0 Å². The van der Waals surface area contributed by atoms with Crippen LogP contribution in [0.1, 0.15) is 36.1 Å². The van der Waals surface area contributed by atoms with Gasteiger partial charge in [0.1, 0.15) is 0 Å². The van der Waals surface area contributed by atoms with Crippen LogP contribution >= 0.6 is 0 Å². The van der Waals surface area contributed by atoms with Gasteiger partial charge < -0.3 is 10.4 Å². The maximum absolute atomic E-state index is 10.3. The molecule has 1 aromatic rings. The number of rotatable bonds is 5. The molecule has 0 fully saturated rings. The lowest BCUT2D eigenvalue weighted by Crippen LogP contribution is -2.32. The quantitative estimate of drug-likeness (QED) is 0.763. The van der Waals surface area contributed by atoms with Crippen LogP contribution in [0.3, 0.4) is 0 Å². The van der Waals surface area contributed by atoms with Crippen molar-refractivity contribution in [3.63, 3.8) is 0 Å². The molecule has 2 nitrogen and oxygen atoms in total. The summed E-state index contributed by atoms with van der Waals surface area (Å²) in [6.45, 7) is 6.39. The molecule has 0 heterocycles. The topological polar surface area (TPSA) is 32.3 Å². The molecule has 2 rings (SSSR count). The molecule has 0 aliphatic heterocycles. The molecule has 0 saturated heterocycles. The van der Waals surface area contributed by atoms with E-state index in [1.807, 2.05) is 13.0 Å². The Kier molecular flexibility index (Phi) is 3.97. The van der Waals surface area contributed by atoms with Gasteiger partial charge in [-0.25, -0.2) is 0 Å². The van der Waals surface area contributed by atoms with Crippen LogP contribution in [0.15, 0.2) is 30.9 Å². The van der Waals surface area contributed by atoms with Crippen molar-refractivity contribution >= 4 is 0 Å². The molecule has 2 unspecified atom stereocenters. The molecular weight excluding hydrogens is 210 g/mol. The molecular formula is C15H21NO. The Balaban J connectivity index is 2.08. The van der Waals surface area contributed by atoms with Gasteiger partial charge in [0.25, 0.3) is 0 Å². The van der Waals surface area contributed by atoms with Gasteiger partial charge in [-0.05, 0) is 42.9 Å². The number of aryl methyl sites for hydroxylation is 2. The first-order chi connectivity index (χ1) is 8.22. The summed E-state index contributed by atoms with van der Waals surface area (Å²) in [5.74, 6) is 0. The molecule has 1 aliphatic rings. The van der Waals surface area contributed by atoms with E-state index in [9.17, 15) is 5.11 Å². The van der Waals surface area contributed by atoms with Gasteiger partial charge in [0.05, 0.1) is 6.10 Å². The molecule has 0 aromatic heterocycles. The summed E-state index contributed by atoms with van der Waals surface area (Å²) >= 11 is 0. The van der Waals surface area contributed by atoms with E-state index in [0.29, 0.717) is 0 Å². The molecule has 0 saturated carbocycles. The van der Waals surface area contributed by atoms with Gasteiger partial charge in [-0.1, -0.05) is 24.3 Å². The third-order valence-corrected chi connectivity index (χ3v) is 3.52. The van der Waals surface area contributed by atoms with Gasteiger partial charge in [0, 0.05) is 12.6 Å². The number of nitrogens with one attached hydrogen (secondary N) is 1.